The molecule has 0 spiro atoms. The summed E-state index contributed by atoms with van der Waals surface area (Å²) in [6, 6.07) is 12.4. The number of nitrogens with zero attached hydrogens (tertiary/aromatic N) is 2. The second-order valence-corrected chi connectivity index (χ2v) is 7.94. The van der Waals surface area contributed by atoms with Crippen molar-refractivity contribution in [3.63, 3.8) is 0 Å². The summed E-state index contributed by atoms with van der Waals surface area (Å²) >= 11 is 0. The third-order valence-electron chi connectivity index (χ3n) is 5.26. The number of piperidine rings is 1. The normalized spacial score (nSPS) is 20.9. The number of benzene rings is 2. The number of amides is 1. The van der Waals surface area contributed by atoms with Gasteiger partial charge in [0, 0.05) is 26.7 Å². The lowest BCUT2D eigenvalue weighted by Crippen LogP contribution is -2.44. The van der Waals surface area contributed by atoms with E-state index in [4.69, 9.17) is 4.74 Å². The fraction of sp³-hybridized carbons (Fsp3) is 0.500. The van der Waals surface area contributed by atoms with Crippen molar-refractivity contribution in [2.24, 2.45) is 11.8 Å². The van der Waals surface area contributed by atoms with Crippen molar-refractivity contribution in [3.05, 3.63) is 42.0 Å². The standard InChI is InChI=1S/C22H30N2O2/c1-16-9-17(2)13-24(12-16)15-22(25)23(3)14-18-5-6-20-11-21(26-4)8-7-19(20)10-18/h5-8,10-11,16-17H,9,12-15H2,1-4H3. The van der Waals surface area contributed by atoms with E-state index in [1.54, 1.807) is 7.11 Å². The second kappa shape index (κ2) is 8.09. The largest absolute Gasteiger partial charge is 0.497 e. The van der Waals surface area contributed by atoms with Crippen LogP contribution in [-0.2, 0) is 11.3 Å². The van der Waals surface area contributed by atoms with E-state index < -0.39 is 0 Å². The number of carbonyl (C=O) groups excluding carboxylic acids is 1. The van der Waals surface area contributed by atoms with Crippen molar-refractivity contribution >= 4 is 16.7 Å². The van der Waals surface area contributed by atoms with Crippen LogP contribution in [0.3, 0.4) is 0 Å². The van der Waals surface area contributed by atoms with Gasteiger partial charge in [-0.1, -0.05) is 32.0 Å². The van der Waals surface area contributed by atoms with E-state index in [9.17, 15) is 4.79 Å². The molecule has 1 aliphatic heterocycles. The molecule has 0 N–H and O–H groups in total. The molecule has 2 unspecified atom stereocenters. The van der Waals surface area contributed by atoms with Gasteiger partial charge < -0.3 is 9.64 Å². The van der Waals surface area contributed by atoms with Gasteiger partial charge in [0.15, 0.2) is 0 Å². The van der Waals surface area contributed by atoms with Gasteiger partial charge in [0.1, 0.15) is 5.75 Å². The molecule has 140 valence electrons. The number of carbonyl (C=O) groups is 1. The number of fused-ring (bicyclic) bond motifs is 1. The van der Waals surface area contributed by atoms with E-state index in [2.05, 4.69) is 43.0 Å². The molecule has 1 amide bonds. The Morgan fingerprint density at radius 3 is 2.46 bits per heavy atom. The highest BCUT2D eigenvalue weighted by Crippen LogP contribution is 2.23. The van der Waals surface area contributed by atoms with Crippen LogP contribution in [0.2, 0.25) is 0 Å². The second-order valence-electron chi connectivity index (χ2n) is 7.94. The van der Waals surface area contributed by atoms with E-state index in [1.807, 2.05) is 24.1 Å². The molecule has 2 aromatic rings. The number of ether oxygens (including phenoxy) is 1. The summed E-state index contributed by atoms with van der Waals surface area (Å²) in [5.41, 5.74) is 1.15. The smallest absolute Gasteiger partial charge is 0.236 e. The molecule has 3 rings (SSSR count). The third-order valence-corrected chi connectivity index (χ3v) is 5.26. The van der Waals surface area contributed by atoms with Gasteiger partial charge >= 0.3 is 0 Å². The molecule has 26 heavy (non-hydrogen) atoms. The molecule has 0 radical (unpaired) electrons. The summed E-state index contributed by atoms with van der Waals surface area (Å²) in [5.74, 6) is 2.41. The van der Waals surface area contributed by atoms with Crippen molar-refractivity contribution in [2.75, 3.05) is 33.8 Å². The molecule has 1 aliphatic rings. The van der Waals surface area contributed by atoms with Crippen LogP contribution in [0.1, 0.15) is 25.8 Å². The number of hydrogen-bond donors (Lipinski definition) is 0. The molecule has 1 fully saturated rings. The molecule has 1 saturated heterocycles. The molecule has 0 aromatic heterocycles. The van der Waals surface area contributed by atoms with Gasteiger partial charge in [0.05, 0.1) is 13.7 Å². The molecule has 1 heterocycles. The van der Waals surface area contributed by atoms with E-state index >= 15 is 0 Å². The van der Waals surface area contributed by atoms with Crippen LogP contribution in [0, 0.1) is 11.8 Å². The van der Waals surface area contributed by atoms with E-state index in [-0.39, 0.29) is 5.91 Å². The average Bonchev–Trinajstić information content (AvgIpc) is 2.60. The Hall–Kier alpha value is -2.07. The van der Waals surface area contributed by atoms with Gasteiger partial charge in [-0.3, -0.25) is 9.69 Å². The van der Waals surface area contributed by atoms with Crippen LogP contribution in [0.15, 0.2) is 36.4 Å². The topological polar surface area (TPSA) is 32.8 Å². The molecular formula is C22H30N2O2. The number of likely N-dealkylation sites (N-methyl/N-ethyl adjacent to an activating group) is 1. The fourth-order valence-electron chi connectivity index (χ4n) is 4.09. The van der Waals surface area contributed by atoms with Crippen LogP contribution in [0.5, 0.6) is 5.75 Å². The van der Waals surface area contributed by atoms with Gasteiger partial charge in [-0.25, -0.2) is 0 Å². The van der Waals surface area contributed by atoms with Crippen LogP contribution in [0.4, 0.5) is 0 Å². The molecule has 0 saturated carbocycles. The van der Waals surface area contributed by atoms with Gasteiger partial charge in [-0.15, -0.1) is 0 Å². The fourth-order valence-corrected chi connectivity index (χ4v) is 4.09. The highest BCUT2D eigenvalue weighted by atomic mass is 16.5. The van der Waals surface area contributed by atoms with E-state index in [0.29, 0.717) is 24.9 Å². The highest BCUT2D eigenvalue weighted by molar-refractivity contribution is 5.84. The van der Waals surface area contributed by atoms with Crippen LogP contribution in [0.25, 0.3) is 10.8 Å². The zero-order valence-corrected chi connectivity index (χ0v) is 16.4. The highest BCUT2D eigenvalue weighted by Gasteiger charge is 2.24. The quantitative estimate of drug-likeness (QED) is 0.819. The first-order valence-electron chi connectivity index (χ1n) is 9.47. The van der Waals surface area contributed by atoms with Gasteiger partial charge in [0.2, 0.25) is 5.91 Å². The maximum atomic E-state index is 12.6. The SMILES string of the molecule is COc1ccc2cc(CN(C)C(=O)CN3CC(C)CC(C)C3)ccc2c1. The molecule has 2 aromatic carbocycles. The summed E-state index contributed by atoms with van der Waals surface area (Å²) in [6.07, 6.45) is 1.27. The van der Waals surface area contributed by atoms with Crippen molar-refractivity contribution in [2.45, 2.75) is 26.8 Å². The zero-order valence-electron chi connectivity index (χ0n) is 16.4. The van der Waals surface area contributed by atoms with E-state index in [0.717, 1.165) is 29.8 Å². The van der Waals surface area contributed by atoms with Crippen LogP contribution in [-0.4, -0.2) is 49.5 Å². The van der Waals surface area contributed by atoms with Crippen molar-refractivity contribution in [1.29, 1.82) is 0 Å². The average molecular weight is 354 g/mol. The number of rotatable bonds is 5. The predicted octanol–water partition coefficient (Wildman–Crippen LogP) is 3.78. The lowest BCUT2D eigenvalue weighted by molar-refractivity contribution is -0.132. The minimum atomic E-state index is 0.195. The molecule has 0 bridgehead atoms. The third kappa shape index (κ3) is 4.55. The Morgan fingerprint density at radius 2 is 1.77 bits per heavy atom. The monoisotopic (exact) mass is 354 g/mol. The summed E-state index contributed by atoms with van der Waals surface area (Å²) in [7, 11) is 3.58. The minimum absolute atomic E-state index is 0.195. The van der Waals surface area contributed by atoms with Crippen molar-refractivity contribution in [3.8, 4) is 5.75 Å². The lowest BCUT2D eigenvalue weighted by Gasteiger charge is -2.35. The van der Waals surface area contributed by atoms with Gasteiger partial charge in [-0.2, -0.15) is 0 Å². The molecule has 0 aliphatic carbocycles. The molecule has 4 heteroatoms. The number of methoxy groups -OCH3 is 1. The molecular weight excluding hydrogens is 324 g/mol. The summed E-state index contributed by atoms with van der Waals surface area (Å²) in [4.78, 5) is 16.8. The summed E-state index contributed by atoms with van der Waals surface area (Å²) in [5, 5.41) is 2.32. The van der Waals surface area contributed by atoms with E-state index in [1.165, 1.54) is 11.8 Å². The summed E-state index contributed by atoms with van der Waals surface area (Å²) in [6.45, 7) is 7.78. The first kappa shape index (κ1) is 18.7. The molecule has 4 nitrogen and oxygen atoms in total. The Kier molecular flexibility index (Phi) is 5.82. The predicted molar refractivity (Wildman–Crippen MR) is 106 cm³/mol. The van der Waals surface area contributed by atoms with Gasteiger partial charge in [0.25, 0.3) is 0 Å². The van der Waals surface area contributed by atoms with Crippen molar-refractivity contribution < 1.29 is 9.53 Å². The van der Waals surface area contributed by atoms with Gasteiger partial charge in [-0.05, 0) is 52.8 Å². The Bertz CT molecular complexity index is 764. The minimum Gasteiger partial charge on any atom is -0.497 e. The van der Waals surface area contributed by atoms with Crippen molar-refractivity contribution in [1.82, 2.24) is 9.80 Å². The first-order valence-corrected chi connectivity index (χ1v) is 9.47. The Balaban J connectivity index is 1.62. The molecule has 2 atom stereocenters. The maximum absolute atomic E-state index is 12.6. The van der Waals surface area contributed by atoms with Crippen LogP contribution < -0.4 is 4.74 Å². The summed E-state index contributed by atoms with van der Waals surface area (Å²) < 4.78 is 5.28. The number of likely N-dealkylation sites (tertiary alicyclic amines) is 1. The Morgan fingerprint density at radius 1 is 1.12 bits per heavy atom. The zero-order chi connectivity index (χ0) is 18.7. The van der Waals surface area contributed by atoms with Crippen LogP contribution >= 0.6 is 0 Å². The Labute approximate surface area is 156 Å². The maximum Gasteiger partial charge on any atom is 0.236 e. The first-order chi connectivity index (χ1) is 12.4. The number of hydrogen-bond acceptors (Lipinski definition) is 3. The lowest BCUT2D eigenvalue weighted by atomic mass is 9.92.